The molecule has 4 nitrogen and oxygen atoms in total. The van der Waals surface area contributed by atoms with E-state index in [2.05, 4.69) is 0 Å². The van der Waals surface area contributed by atoms with E-state index in [1.807, 2.05) is 91.9 Å². The number of hydrogen-bond acceptors (Lipinski definition) is 4. The highest BCUT2D eigenvalue weighted by atomic mass is 35.5. The number of hydrazone groups is 1. The molecule has 0 aromatic heterocycles. The lowest BCUT2D eigenvalue weighted by Gasteiger charge is -2.26. The first-order chi connectivity index (χ1) is 17.0. The molecule has 0 unspecified atom stereocenters. The summed E-state index contributed by atoms with van der Waals surface area (Å²) in [6, 6.07) is 32.4. The van der Waals surface area contributed by atoms with E-state index in [0.29, 0.717) is 21.9 Å². The summed E-state index contributed by atoms with van der Waals surface area (Å²) in [5, 5.41) is 7.18. The first-order valence-corrected chi connectivity index (χ1v) is 11.8. The molecule has 0 saturated heterocycles. The number of benzene rings is 4. The molecule has 0 aliphatic carbocycles. The summed E-state index contributed by atoms with van der Waals surface area (Å²) in [5.74, 6) is -1.10. The van der Waals surface area contributed by atoms with Gasteiger partial charge < -0.3 is 0 Å². The molecule has 0 bridgehead atoms. The monoisotopic (exact) mass is 478 g/mol. The summed E-state index contributed by atoms with van der Waals surface area (Å²) in [7, 11) is 0. The third-order valence-corrected chi connectivity index (χ3v) is 6.45. The van der Waals surface area contributed by atoms with E-state index in [-0.39, 0.29) is 11.6 Å². The summed E-state index contributed by atoms with van der Waals surface area (Å²) < 4.78 is 0. The average Bonchev–Trinajstić information content (AvgIpc) is 3.30. The lowest BCUT2D eigenvalue weighted by atomic mass is 9.81. The fraction of sp³-hybridized carbons (Fsp3) is 0.100. The van der Waals surface area contributed by atoms with Gasteiger partial charge in [-0.15, -0.1) is 0 Å². The van der Waals surface area contributed by atoms with Gasteiger partial charge in [0.15, 0.2) is 11.6 Å². The standard InChI is InChI=1S/C30H23ClN2O2/c1-20-12-14-23(15-13-20)30(35)28-26(29(34)22-8-4-2-5-9-22)27(21-16-18-24(31)19-17-21)32-33(28)25-10-6-3-7-11-25/h2-19,26,28H,1H3/t26-,28-/m1/s1. The van der Waals surface area contributed by atoms with Crippen LogP contribution in [0.2, 0.25) is 5.02 Å². The zero-order valence-electron chi connectivity index (χ0n) is 19.1. The number of carbonyl (C=O) groups is 2. The molecule has 1 heterocycles. The summed E-state index contributed by atoms with van der Waals surface area (Å²) in [5.41, 5.74) is 4.18. The molecule has 172 valence electrons. The maximum Gasteiger partial charge on any atom is 0.188 e. The summed E-state index contributed by atoms with van der Waals surface area (Å²) in [6.07, 6.45) is 0. The van der Waals surface area contributed by atoms with Crippen LogP contribution in [0.5, 0.6) is 0 Å². The Hall–Kier alpha value is -4.02. The van der Waals surface area contributed by atoms with Crippen molar-refractivity contribution in [3.05, 3.63) is 136 Å². The van der Waals surface area contributed by atoms with Gasteiger partial charge in [-0.25, -0.2) is 0 Å². The number of ketones is 2. The Labute approximate surface area is 209 Å². The van der Waals surface area contributed by atoms with Gasteiger partial charge in [0.25, 0.3) is 0 Å². The summed E-state index contributed by atoms with van der Waals surface area (Å²) >= 11 is 6.14. The van der Waals surface area contributed by atoms with Gasteiger partial charge in [0, 0.05) is 16.1 Å². The number of anilines is 1. The van der Waals surface area contributed by atoms with Gasteiger partial charge in [-0.2, -0.15) is 5.10 Å². The Morgan fingerprint density at radius 3 is 1.91 bits per heavy atom. The molecule has 0 radical (unpaired) electrons. The molecular formula is C30H23ClN2O2. The van der Waals surface area contributed by atoms with E-state index in [1.165, 1.54) is 0 Å². The molecule has 0 N–H and O–H groups in total. The lowest BCUT2D eigenvalue weighted by molar-refractivity contribution is 0.0868. The van der Waals surface area contributed by atoms with Gasteiger partial charge in [-0.1, -0.05) is 102 Å². The molecule has 1 aliphatic heterocycles. The normalized spacial score (nSPS) is 17.2. The molecular weight excluding hydrogens is 456 g/mol. The molecule has 0 fully saturated rings. The van der Waals surface area contributed by atoms with Crippen LogP contribution in [0.4, 0.5) is 5.69 Å². The lowest BCUT2D eigenvalue weighted by Crippen LogP contribution is -2.44. The van der Waals surface area contributed by atoms with Crippen LogP contribution in [-0.4, -0.2) is 23.3 Å². The van der Waals surface area contributed by atoms with Gasteiger partial charge >= 0.3 is 0 Å². The van der Waals surface area contributed by atoms with E-state index in [4.69, 9.17) is 16.7 Å². The van der Waals surface area contributed by atoms with Crippen LogP contribution < -0.4 is 5.01 Å². The fourth-order valence-electron chi connectivity index (χ4n) is 4.39. The smallest absolute Gasteiger partial charge is 0.188 e. The first-order valence-electron chi connectivity index (χ1n) is 11.4. The first kappa shape index (κ1) is 22.8. The molecule has 2 atom stereocenters. The van der Waals surface area contributed by atoms with Gasteiger partial charge in [-0.05, 0) is 36.8 Å². The number of hydrogen-bond donors (Lipinski definition) is 0. The topological polar surface area (TPSA) is 49.7 Å². The molecule has 4 aromatic rings. The number of rotatable bonds is 6. The van der Waals surface area contributed by atoms with Crippen LogP contribution in [-0.2, 0) is 0 Å². The van der Waals surface area contributed by atoms with Crippen LogP contribution in [0.25, 0.3) is 0 Å². The predicted molar refractivity (Wildman–Crippen MR) is 140 cm³/mol. The molecule has 0 spiro atoms. The summed E-state index contributed by atoms with van der Waals surface area (Å²) in [4.78, 5) is 28.0. The van der Waals surface area contributed by atoms with Crippen molar-refractivity contribution in [3.63, 3.8) is 0 Å². The third-order valence-electron chi connectivity index (χ3n) is 6.20. The van der Waals surface area contributed by atoms with Crippen molar-refractivity contribution in [2.24, 2.45) is 11.0 Å². The number of nitrogens with zero attached hydrogens (tertiary/aromatic N) is 2. The van der Waals surface area contributed by atoms with E-state index in [9.17, 15) is 9.59 Å². The fourth-order valence-corrected chi connectivity index (χ4v) is 4.51. The number of para-hydroxylation sites is 1. The van der Waals surface area contributed by atoms with Gasteiger partial charge in [0.2, 0.25) is 0 Å². The van der Waals surface area contributed by atoms with E-state index in [0.717, 1.165) is 16.8 Å². The Morgan fingerprint density at radius 1 is 0.714 bits per heavy atom. The largest absolute Gasteiger partial charge is 0.293 e. The van der Waals surface area contributed by atoms with Crippen molar-refractivity contribution < 1.29 is 9.59 Å². The van der Waals surface area contributed by atoms with Crippen molar-refractivity contribution >= 4 is 34.6 Å². The molecule has 0 amide bonds. The number of halogens is 1. The predicted octanol–water partition coefficient (Wildman–Crippen LogP) is 6.62. The molecule has 4 aromatic carbocycles. The van der Waals surface area contributed by atoms with Crippen LogP contribution in [0.1, 0.15) is 31.8 Å². The molecule has 5 rings (SSSR count). The number of Topliss-reactive ketones (excluding diaryl/α,β-unsaturated/α-hetero) is 2. The minimum absolute atomic E-state index is 0.150. The second kappa shape index (κ2) is 9.69. The highest BCUT2D eigenvalue weighted by molar-refractivity contribution is 6.31. The third kappa shape index (κ3) is 4.53. The Bertz CT molecular complexity index is 1380. The van der Waals surface area contributed by atoms with E-state index in [1.54, 1.807) is 29.3 Å². The van der Waals surface area contributed by atoms with Gasteiger partial charge in [0.05, 0.1) is 17.3 Å². The zero-order valence-corrected chi connectivity index (χ0v) is 19.9. The molecule has 1 aliphatic rings. The Kier molecular flexibility index (Phi) is 6.30. The van der Waals surface area contributed by atoms with Crippen molar-refractivity contribution in [2.75, 3.05) is 5.01 Å². The number of carbonyl (C=O) groups excluding carboxylic acids is 2. The van der Waals surface area contributed by atoms with Gasteiger partial charge in [-0.3, -0.25) is 14.6 Å². The second-order valence-corrected chi connectivity index (χ2v) is 8.99. The zero-order chi connectivity index (χ0) is 24.4. The van der Waals surface area contributed by atoms with Crippen molar-refractivity contribution in [3.8, 4) is 0 Å². The SMILES string of the molecule is Cc1ccc(C(=O)[C@H]2[C@H](C(=O)c3ccccc3)C(c3ccc(Cl)cc3)=NN2c2ccccc2)cc1. The van der Waals surface area contributed by atoms with Crippen LogP contribution in [0.3, 0.4) is 0 Å². The molecule has 5 heteroatoms. The maximum absolute atomic E-state index is 14.0. The van der Waals surface area contributed by atoms with E-state index < -0.39 is 12.0 Å². The van der Waals surface area contributed by atoms with Crippen molar-refractivity contribution in [1.29, 1.82) is 0 Å². The highest BCUT2D eigenvalue weighted by Gasteiger charge is 2.47. The Morgan fingerprint density at radius 2 is 1.29 bits per heavy atom. The van der Waals surface area contributed by atoms with Crippen LogP contribution in [0.15, 0.2) is 114 Å². The van der Waals surface area contributed by atoms with Gasteiger partial charge in [0.1, 0.15) is 6.04 Å². The number of aryl methyl sites for hydroxylation is 1. The minimum atomic E-state index is -0.835. The Balaban J connectivity index is 1.69. The maximum atomic E-state index is 14.0. The molecule has 0 saturated carbocycles. The molecule has 35 heavy (non-hydrogen) atoms. The van der Waals surface area contributed by atoms with Crippen molar-refractivity contribution in [1.82, 2.24) is 0 Å². The summed E-state index contributed by atoms with van der Waals surface area (Å²) in [6.45, 7) is 1.98. The minimum Gasteiger partial charge on any atom is -0.293 e. The quantitative estimate of drug-likeness (QED) is 0.292. The van der Waals surface area contributed by atoms with Crippen molar-refractivity contribution in [2.45, 2.75) is 13.0 Å². The van der Waals surface area contributed by atoms with Crippen LogP contribution in [0, 0.1) is 12.8 Å². The van der Waals surface area contributed by atoms with Crippen LogP contribution >= 0.6 is 11.6 Å². The van der Waals surface area contributed by atoms with E-state index >= 15 is 0 Å². The highest BCUT2D eigenvalue weighted by Crippen LogP contribution is 2.35. The average molecular weight is 479 g/mol. The second-order valence-electron chi connectivity index (χ2n) is 8.56.